The van der Waals surface area contributed by atoms with Crippen molar-refractivity contribution in [3.63, 3.8) is 0 Å². The van der Waals surface area contributed by atoms with E-state index >= 15 is 0 Å². The second kappa shape index (κ2) is 8.44. The number of ether oxygens (including phenoxy) is 1. The molecule has 2 aromatic carbocycles. The van der Waals surface area contributed by atoms with E-state index in [2.05, 4.69) is 24.3 Å². The maximum absolute atomic E-state index is 13.0. The number of halogens is 1. The van der Waals surface area contributed by atoms with Gasteiger partial charge in [-0.15, -0.1) is 0 Å². The molecule has 122 valence electrons. The fraction of sp³-hybridized carbons (Fsp3) is 0.316. The van der Waals surface area contributed by atoms with E-state index in [1.807, 2.05) is 11.8 Å². The second-order valence-corrected chi connectivity index (χ2v) is 5.56. The Morgan fingerprint density at radius 3 is 2.04 bits per heavy atom. The van der Waals surface area contributed by atoms with Crippen molar-refractivity contribution in [1.82, 2.24) is 4.90 Å². The van der Waals surface area contributed by atoms with Crippen LogP contribution in [-0.2, 0) is 22.6 Å². The van der Waals surface area contributed by atoms with Crippen molar-refractivity contribution in [3.05, 3.63) is 71.0 Å². The van der Waals surface area contributed by atoms with Crippen LogP contribution in [0.25, 0.3) is 0 Å². The Kier molecular flexibility index (Phi) is 6.29. The van der Waals surface area contributed by atoms with E-state index in [1.165, 1.54) is 17.7 Å². The summed E-state index contributed by atoms with van der Waals surface area (Å²) in [7, 11) is 0. The number of hydrogen-bond donors (Lipinski definition) is 0. The SMILES string of the molecule is CCOC(=O)CN(Cc1ccc(C)cc1)Cc1ccc(F)cc1. The highest BCUT2D eigenvalue weighted by Crippen LogP contribution is 2.12. The zero-order chi connectivity index (χ0) is 16.7. The molecule has 0 bridgehead atoms. The van der Waals surface area contributed by atoms with Gasteiger partial charge in [0.15, 0.2) is 0 Å². The summed E-state index contributed by atoms with van der Waals surface area (Å²) in [5.41, 5.74) is 3.29. The predicted octanol–water partition coefficient (Wildman–Crippen LogP) is 3.70. The van der Waals surface area contributed by atoms with Crippen LogP contribution >= 0.6 is 0 Å². The maximum atomic E-state index is 13.0. The molecule has 4 heteroatoms. The van der Waals surface area contributed by atoms with Gasteiger partial charge in [0.2, 0.25) is 0 Å². The first-order valence-corrected chi connectivity index (χ1v) is 7.75. The van der Waals surface area contributed by atoms with Gasteiger partial charge in [0.25, 0.3) is 0 Å². The molecule has 0 heterocycles. The monoisotopic (exact) mass is 315 g/mol. The fourth-order valence-electron chi connectivity index (χ4n) is 2.36. The molecule has 0 saturated heterocycles. The van der Waals surface area contributed by atoms with E-state index < -0.39 is 0 Å². The summed E-state index contributed by atoms with van der Waals surface area (Å²) in [5.74, 6) is -0.508. The van der Waals surface area contributed by atoms with Crippen molar-refractivity contribution in [3.8, 4) is 0 Å². The molecule has 2 aromatic rings. The molecule has 0 amide bonds. The summed E-state index contributed by atoms with van der Waals surface area (Å²) < 4.78 is 18.1. The lowest BCUT2D eigenvalue weighted by Crippen LogP contribution is -2.30. The Labute approximate surface area is 136 Å². The minimum atomic E-state index is -0.260. The van der Waals surface area contributed by atoms with Crippen molar-refractivity contribution < 1.29 is 13.9 Å². The van der Waals surface area contributed by atoms with Crippen LogP contribution in [0, 0.1) is 12.7 Å². The third-order valence-electron chi connectivity index (χ3n) is 3.50. The number of esters is 1. The molecular weight excluding hydrogens is 293 g/mol. The molecule has 0 atom stereocenters. The molecule has 0 aliphatic rings. The molecule has 3 nitrogen and oxygen atoms in total. The average molecular weight is 315 g/mol. The fourth-order valence-corrected chi connectivity index (χ4v) is 2.36. The molecule has 0 aliphatic carbocycles. The topological polar surface area (TPSA) is 29.5 Å². The lowest BCUT2D eigenvalue weighted by molar-refractivity contribution is -0.144. The van der Waals surface area contributed by atoms with Gasteiger partial charge in [-0.2, -0.15) is 0 Å². The van der Waals surface area contributed by atoms with E-state index in [1.54, 1.807) is 19.1 Å². The molecule has 0 unspecified atom stereocenters. The summed E-state index contributed by atoms with van der Waals surface area (Å²) in [5, 5.41) is 0. The largest absolute Gasteiger partial charge is 0.465 e. The van der Waals surface area contributed by atoms with E-state index in [-0.39, 0.29) is 18.3 Å². The van der Waals surface area contributed by atoms with Crippen LogP contribution in [0.15, 0.2) is 48.5 Å². The van der Waals surface area contributed by atoms with Crippen LogP contribution in [-0.4, -0.2) is 24.0 Å². The van der Waals surface area contributed by atoms with Crippen molar-refractivity contribution in [1.29, 1.82) is 0 Å². The number of hydrogen-bond acceptors (Lipinski definition) is 3. The van der Waals surface area contributed by atoms with E-state index in [0.717, 1.165) is 11.1 Å². The standard InChI is InChI=1S/C19H22FNO2/c1-3-23-19(22)14-21(12-16-6-4-15(2)5-7-16)13-17-8-10-18(20)11-9-17/h4-11H,3,12-14H2,1-2H3. The molecule has 23 heavy (non-hydrogen) atoms. The highest BCUT2D eigenvalue weighted by molar-refractivity contribution is 5.71. The van der Waals surface area contributed by atoms with Gasteiger partial charge in [-0.05, 0) is 37.1 Å². The lowest BCUT2D eigenvalue weighted by atomic mass is 10.1. The minimum absolute atomic E-state index is 0.207. The van der Waals surface area contributed by atoms with Crippen molar-refractivity contribution >= 4 is 5.97 Å². The van der Waals surface area contributed by atoms with Gasteiger partial charge in [-0.3, -0.25) is 9.69 Å². The van der Waals surface area contributed by atoms with Crippen molar-refractivity contribution in [2.24, 2.45) is 0 Å². The third-order valence-corrected chi connectivity index (χ3v) is 3.50. The number of nitrogens with zero attached hydrogens (tertiary/aromatic N) is 1. The van der Waals surface area contributed by atoms with E-state index in [0.29, 0.717) is 19.7 Å². The summed E-state index contributed by atoms with van der Waals surface area (Å²) in [4.78, 5) is 13.8. The normalized spacial score (nSPS) is 10.8. The van der Waals surface area contributed by atoms with Gasteiger partial charge in [0.05, 0.1) is 13.2 Å². The zero-order valence-corrected chi connectivity index (χ0v) is 13.6. The zero-order valence-electron chi connectivity index (χ0n) is 13.6. The van der Waals surface area contributed by atoms with Crippen LogP contribution in [0.1, 0.15) is 23.6 Å². The smallest absolute Gasteiger partial charge is 0.320 e. The third kappa shape index (κ3) is 5.83. The first-order chi connectivity index (χ1) is 11.1. The molecule has 0 aromatic heterocycles. The van der Waals surface area contributed by atoms with Crippen molar-refractivity contribution in [2.45, 2.75) is 26.9 Å². The Morgan fingerprint density at radius 2 is 1.52 bits per heavy atom. The highest BCUT2D eigenvalue weighted by atomic mass is 19.1. The van der Waals surface area contributed by atoms with E-state index in [4.69, 9.17) is 4.74 Å². The van der Waals surface area contributed by atoms with Gasteiger partial charge >= 0.3 is 5.97 Å². The molecule has 0 radical (unpaired) electrons. The predicted molar refractivity (Wildman–Crippen MR) is 88.3 cm³/mol. The van der Waals surface area contributed by atoms with Gasteiger partial charge in [0.1, 0.15) is 5.82 Å². The lowest BCUT2D eigenvalue weighted by Gasteiger charge is -2.21. The Balaban J connectivity index is 2.08. The maximum Gasteiger partial charge on any atom is 0.320 e. The van der Waals surface area contributed by atoms with Crippen LogP contribution in [0.5, 0.6) is 0 Å². The van der Waals surface area contributed by atoms with Crippen LogP contribution < -0.4 is 0 Å². The average Bonchev–Trinajstić information content (AvgIpc) is 2.52. The molecular formula is C19H22FNO2. The van der Waals surface area contributed by atoms with Gasteiger partial charge in [-0.1, -0.05) is 42.0 Å². The Morgan fingerprint density at radius 1 is 1.00 bits per heavy atom. The van der Waals surface area contributed by atoms with E-state index in [9.17, 15) is 9.18 Å². The quantitative estimate of drug-likeness (QED) is 0.730. The molecule has 0 N–H and O–H groups in total. The summed E-state index contributed by atoms with van der Waals surface area (Å²) in [6.45, 7) is 5.61. The highest BCUT2D eigenvalue weighted by Gasteiger charge is 2.13. The molecule has 0 aliphatic heterocycles. The first kappa shape index (κ1) is 17.2. The summed E-state index contributed by atoms with van der Waals surface area (Å²) in [6, 6.07) is 14.6. The van der Waals surface area contributed by atoms with Gasteiger partial charge in [-0.25, -0.2) is 4.39 Å². The molecule has 0 saturated carbocycles. The Bertz CT molecular complexity index is 575. The van der Waals surface area contributed by atoms with Crippen LogP contribution in [0.3, 0.4) is 0 Å². The minimum Gasteiger partial charge on any atom is -0.465 e. The number of benzene rings is 2. The first-order valence-electron chi connectivity index (χ1n) is 7.75. The second-order valence-electron chi connectivity index (χ2n) is 5.56. The van der Waals surface area contributed by atoms with Gasteiger partial charge < -0.3 is 4.74 Å². The van der Waals surface area contributed by atoms with Crippen LogP contribution in [0.2, 0.25) is 0 Å². The number of carbonyl (C=O) groups is 1. The summed E-state index contributed by atoms with van der Waals surface area (Å²) in [6.07, 6.45) is 0. The van der Waals surface area contributed by atoms with Gasteiger partial charge in [0, 0.05) is 13.1 Å². The Hall–Kier alpha value is -2.20. The molecule has 0 fully saturated rings. The number of aryl methyl sites for hydroxylation is 1. The summed E-state index contributed by atoms with van der Waals surface area (Å²) >= 11 is 0. The van der Waals surface area contributed by atoms with Crippen molar-refractivity contribution in [2.75, 3.05) is 13.2 Å². The molecule has 0 spiro atoms. The number of carbonyl (C=O) groups excluding carboxylic acids is 1. The number of rotatable bonds is 7. The molecule has 2 rings (SSSR count). The van der Waals surface area contributed by atoms with Crippen LogP contribution in [0.4, 0.5) is 4.39 Å².